The van der Waals surface area contributed by atoms with E-state index in [0.29, 0.717) is 5.92 Å². The molecule has 0 spiro atoms. The molecule has 1 fully saturated rings. The Hall–Kier alpha value is -0.450. The Balaban J connectivity index is 2.20. The first kappa shape index (κ1) is 14.9. The van der Waals surface area contributed by atoms with Gasteiger partial charge in [-0.1, -0.05) is 19.3 Å². The van der Waals surface area contributed by atoms with Crippen molar-refractivity contribution in [2.24, 2.45) is 5.92 Å². The number of rotatable bonds is 5. The lowest BCUT2D eigenvalue weighted by Crippen LogP contribution is -2.19. The Bertz CT molecular complexity index is 397. The minimum Gasteiger partial charge on any atom is -0.388 e. The molecule has 0 saturated heterocycles. The lowest BCUT2D eigenvalue weighted by molar-refractivity contribution is 0.00545. The van der Waals surface area contributed by atoms with Crippen LogP contribution in [0.1, 0.15) is 73.7 Å². The third-order valence-electron chi connectivity index (χ3n) is 3.90. The van der Waals surface area contributed by atoms with E-state index in [2.05, 4.69) is 4.98 Å². The first-order chi connectivity index (χ1) is 9.13. The molecule has 2 atom stereocenters. The third kappa shape index (κ3) is 3.56. The van der Waals surface area contributed by atoms with Gasteiger partial charge in [-0.2, -0.15) is 0 Å². The summed E-state index contributed by atoms with van der Waals surface area (Å²) >= 11 is 1.62. The first-order valence-electron chi connectivity index (χ1n) is 7.40. The monoisotopic (exact) mass is 283 g/mol. The first-order valence-corrected chi connectivity index (χ1v) is 8.22. The largest absolute Gasteiger partial charge is 0.388 e. The van der Waals surface area contributed by atoms with Gasteiger partial charge in [0.05, 0.1) is 16.7 Å². The average Bonchev–Trinajstić information content (AvgIpc) is 2.79. The van der Waals surface area contributed by atoms with Gasteiger partial charge in [-0.3, -0.25) is 0 Å². The molecule has 0 bridgehead atoms. The van der Waals surface area contributed by atoms with Gasteiger partial charge in [-0.25, -0.2) is 4.98 Å². The van der Waals surface area contributed by atoms with Crippen molar-refractivity contribution < 1.29 is 9.84 Å². The summed E-state index contributed by atoms with van der Waals surface area (Å²) in [5.74, 6) is 0.598. The maximum Gasteiger partial charge on any atom is 0.122 e. The van der Waals surface area contributed by atoms with Gasteiger partial charge in [0.15, 0.2) is 0 Å². The number of aliphatic hydroxyl groups is 1. The molecule has 19 heavy (non-hydrogen) atoms. The molecule has 3 nitrogen and oxygen atoms in total. The van der Waals surface area contributed by atoms with Gasteiger partial charge in [0.25, 0.3) is 0 Å². The Morgan fingerprint density at radius 1 is 1.37 bits per heavy atom. The molecule has 1 heterocycles. The zero-order valence-electron chi connectivity index (χ0n) is 12.2. The summed E-state index contributed by atoms with van der Waals surface area (Å²) in [4.78, 5) is 5.64. The highest BCUT2D eigenvalue weighted by molar-refractivity contribution is 7.11. The van der Waals surface area contributed by atoms with E-state index >= 15 is 0 Å². The van der Waals surface area contributed by atoms with Crippen LogP contribution in [0.15, 0.2) is 0 Å². The smallest absolute Gasteiger partial charge is 0.122 e. The second-order valence-corrected chi connectivity index (χ2v) is 6.51. The molecule has 2 unspecified atom stereocenters. The zero-order valence-corrected chi connectivity index (χ0v) is 13.0. The maximum absolute atomic E-state index is 9.77. The summed E-state index contributed by atoms with van der Waals surface area (Å²) in [6.45, 7) is 6.56. The summed E-state index contributed by atoms with van der Waals surface area (Å²) in [5, 5.41) is 10.8. The highest BCUT2D eigenvalue weighted by Crippen LogP contribution is 2.40. The van der Waals surface area contributed by atoms with Gasteiger partial charge in [0.1, 0.15) is 11.1 Å². The third-order valence-corrected chi connectivity index (χ3v) is 5.29. The van der Waals surface area contributed by atoms with E-state index in [0.717, 1.165) is 22.2 Å². The van der Waals surface area contributed by atoms with Crippen LogP contribution in [0, 0.1) is 12.8 Å². The summed E-state index contributed by atoms with van der Waals surface area (Å²) in [5.41, 5.74) is 0.954. The zero-order chi connectivity index (χ0) is 13.8. The molecule has 4 heteroatoms. The van der Waals surface area contributed by atoms with Crippen LogP contribution >= 0.6 is 11.3 Å². The number of aryl methyl sites for hydroxylation is 1. The Morgan fingerprint density at radius 3 is 2.58 bits per heavy atom. The van der Waals surface area contributed by atoms with Gasteiger partial charge in [0, 0.05) is 6.61 Å². The van der Waals surface area contributed by atoms with Crippen molar-refractivity contribution in [3.05, 3.63) is 15.6 Å². The van der Waals surface area contributed by atoms with Crippen LogP contribution in [0.5, 0.6) is 0 Å². The standard InChI is InChI=1S/C15H25NO2S/c1-4-18-13(12-8-6-5-7-9-12)15-16-10(2)14(19-15)11(3)17/h11-13,17H,4-9H2,1-3H3. The summed E-state index contributed by atoms with van der Waals surface area (Å²) in [6.07, 6.45) is 6.15. The minimum absolute atomic E-state index is 0.126. The molecular weight excluding hydrogens is 258 g/mol. The average molecular weight is 283 g/mol. The second kappa shape index (κ2) is 6.82. The number of hydrogen-bond donors (Lipinski definition) is 1. The molecule has 1 aromatic heterocycles. The van der Waals surface area contributed by atoms with Crippen LogP contribution in [0.4, 0.5) is 0 Å². The predicted octanol–water partition coefficient (Wildman–Crippen LogP) is 4.16. The molecule has 2 rings (SSSR count). The van der Waals surface area contributed by atoms with Crippen LogP contribution in [-0.2, 0) is 4.74 Å². The molecule has 0 radical (unpaired) electrons. The lowest BCUT2D eigenvalue weighted by atomic mass is 9.85. The molecule has 0 amide bonds. The number of nitrogens with zero attached hydrogens (tertiary/aromatic N) is 1. The van der Waals surface area contributed by atoms with Gasteiger partial charge >= 0.3 is 0 Å². The van der Waals surface area contributed by atoms with E-state index in [1.807, 2.05) is 13.8 Å². The molecule has 1 aliphatic rings. The van der Waals surface area contributed by atoms with Crippen LogP contribution in [0.3, 0.4) is 0 Å². The number of hydrogen-bond acceptors (Lipinski definition) is 4. The van der Waals surface area contributed by atoms with Crippen molar-refractivity contribution in [1.82, 2.24) is 4.98 Å². The van der Waals surface area contributed by atoms with Crippen molar-refractivity contribution in [1.29, 1.82) is 0 Å². The van der Waals surface area contributed by atoms with Crippen molar-refractivity contribution in [3.63, 3.8) is 0 Å². The van der Waals surface area contributed by atoms with Crippen molar-refractivity contribution >= 4 is 11.3 Å². The van der Waals surface area contributed by atoms with Gasteiger partial charge in [0.2, 0.25) is 0 Å². The summed E-state index contributed by atoms with van der Waals surface area (Å²) in [7, 11) is 0. The van der Waals surface area contributed by atoms with E-state index in [1.54, 1.807) is 18.3 Å². The quantitative estimate of drug-likeness (QED) is 0.882. The van der Waals surface area contributed by atoms with Crippen LogP contribution in [-0.4, -0.2) is 16.7 Å². The number of aromatic nitrogens is 1. The fourth-order valence-electron chi connectivity index (χ4n) is 2.96. The van der Waals surface area contributed by atoms with Crippen LogP contribution in [0.25, 0.3) is 0 Å². The van der Waals surface area contributed by atoms with E-state index in [-0.39, 0.29) is 6.10 Å². The Morgan fingerprint density at radius 2 is 2.05 bits per heavy atom. The van der Waals surface area contributed by atoms with E-state index < -0.39 is 6.10 Å². The second-order valence-electron chi connectivity index (χ2n) is 5.45. The van der Waals surface area contributed by atoms with Crippen LogP contribution < -0.4 is 0 Å². The Labute approximate surface area is 120 Å². The molecule has 1 aromatic rings. The number of thiazole rings is 1. The highest BCUT2D eigenvalue weighted by atomic mass is 32.1. The fourth-order valence-corrected chi connectivity index (χ4v) is 4.11. The number of aliphatic hydroxyl groups excluding tert-OH is 1. The van der Waals surface area contributed by atoms with Gasteiger partial charge in [-0.15, -0.1) is 11.3 Å². The van der Waals surface area contributed by atoms with Crippen molar-refractivity contribution in [2.75, 3.05) is 6.61 Å². The molecule has 1 saturated carbocycles. The Kier molecular flexibility index (Phi) is 5.37. The minimum atomic E-state index is -0.431. The van der Waals surface area contributed by atoms with Gasteiger partial charge < -0.3 is 9.84 Å². The summed E-state index contributed by atoms with van der Waals surface area (Å²) < 4.78 is 5.98. The molecule has 0 aliphatic heterocycles. The van der Waals surface area contributed by atoms with E-state index in [4.69, 9.17) is 4.74 Å². The normalized spacial score (nSPS) is 20.4. The predicted molar refractivity (Wildman–Crippen MR) is 78.4 cm³/mol. The van der Waals surface area contributed by atoms with Crippen molar-refractivity contribution in [3.8, 4) is 0 Å². The van der Waals surface area contributed by atoms with E-state index in [1.165, 1.54) is 32.1 Å². The van der Waals surface area contributed by atoms with E-state index in [9.17, 15) is 5.11 Å². The number of ether oxygens (including phenoxy) is 1. The van der Waals surface area contributed by atoms with Crippen molar-refractivity contribution in [2.45, 2.75) is 65.1 Å². The summed E-state index contributed by atoms with van der Waals surface area (Å²) in [6, 6.07) is 0. The SMILES string of the molecule is CCOC(c1nc(C)c(C(C)O)s1)C1CCCCC1. The fraction of sp³-hybridized carbons (Fsp3) is 0.800. The highest BCUT2D eigenvalue weighted by Gasteiger charge is 2.29. The van der Waals surface area contributed by atoms with Gasteiger partial charge in [-0.05, 0) is 39.5 Å². The lowest BCUT2D eigenvalue weighted by Gasteiger charge is -2.28. The molecular formula is C15H25NO2S. The molecule has 1 aliphatic carbocycles. The van der Waals surface area contributed by atoms with Crippen LogP contribution in [0.2, 0.25) is 0 Å². The molecule has 1 N–H and O–H groups in total. The molecule has 0 aromatic carbocycles. The molecule has 108 valence electrons. The topological polar surface area (TPSA) is 42.4 Å². The maximum atomic E-state index is 9.77.